The van der Waals surface area contributed by atoms with Gasteiger partial charge in [-0.2, -0.15) is 4.31 Å². The molecule has 8 heteroatoms. The molecular weight excluding hydrogens is 338 g/mol. The van der Waals surface area contributed by atoms with Gasteiger partial charge < -0.3 is 10.6 Å². The normalized spacial score (nSPS) is 21.5. The number of benzene rings is 1. The lowest BCUT2D eigenvalue weighted by molar-refractivity contribution is -0.122. The number of sulfonamides is 1. The van der Waals surface area contributed by atoms with Gasteiger partial charge >= 0.3 is 0 Å². The summed E-state index contributed by atoms with van der Waals surface area (Å²) in [6.45, 7) is 2.80. The van der Waals surface area contributed by atoms with E-state index in [1.54, 1.807) is 18.2 Å². The number of likely N-dealkylation sites (N-methyl/N-ethyl adjacent to an activating group) is 1. The third-order valence-electron chi connectivity index (χ3n) is 3.93. The van der Waals surface area contributed by atoms with Crippen LogP contribution in [0.1, 0.15) is 19.8 Å². The van der Waals surface area contributed by atoms with E-state index in [1.807, 2.05) is 6.92 Å². The van der Waals surface area contributed by atoms with Gasteiger partial charge in [-0.05, 0) is 38.4 Å². The second kappa shape index (κ2) is 8.63. The second-order valence-electron chi connectivity index (χ2n) is 5.63. The molecule has 130 valence electrons. The maximum Gasteiger partial charge on any atom is 0.243 e. The van der Waals surface area contributed by atoms with Crippen LogP contribution in [-0.4, -0.2) is 50.9 Å². The molecule has 1 heterocycles. The summed E-state index contributed by atoms with van der Waals surface area (Å²) < 4.78 is 25.8. The zero-order chi connectivity index (χ0) is 16.2. The fourth-order valence-corrected chi connectivity index (χ4v) is 3.70. The highest BCUT2D eigenvalue weighted by Crippen LogP contribution is 2.13. The van der Waals surface area contributed by atoms with Crippen molar-refractivity contribution < 1.29 is 13.2 Å². The lowest BCUT2D eigenvalue weighted by Gasteiger charge is -2.31. The molecule has 0 aliphatic carbocycles. The van der Waals surface area contributed by atoms with E-state index in [2.05, 4.69) is 10.6 Å². The first-order chi connectivity index (χ1) is 10.4. The van der Waals surface area contributed by atoms with Crippen LogP contribution in [-0.2, 0) is 14.8 Å². The van der Waals surface area contributed by atoms with Crippen LogP contribution in [0.3, 0.4) is 0 Å². The first-order valence-electron chi connectivity index (χ1n) is 7.45. The number of hydrogen-bond acceptors (Lipinski definition) is 4. The predicted molar refractivity (Wildman–Crippen MR) is 92.1 cm³/mol. The quantitative estimate of drug-likeness (QED) is 0.819. The van der Waals surface area contributed by atoms with Crippen LogP contribution in [0, 0.1) is 0 Å². The molecule has 2 unspecified atom stereocenters. The number of amides is 1. The third kappa shape index (κ3) is 5.17. The van der Waals surface area contributed by atoms with Crippen LogP contribution in [0.5, 0.6) is 0 Å². The van der Waals surface area contributed by atoms with Gasteiger partial charge in [0.1, 0.15) is 0 Å². The van der Waals surface area contributed by atoms with Crippen LogP contribution in [0.2, 0.25) is 0 Å². The topological polar surface area (TPSA) is 78.5 Å². The Balaban J connectivity index is 0.00000264. The first kappa shape index (κ1) is 19.9. The van der Waals surface area contributed by atoms with Gasteiger partial charge in [-0.15, -0.1) is 12.4 Å². The number of carbonyl (C=O) groups excluding carboxylic acids is 1. The minimum absolute atomic E-state index is 0. The van der Waals surface area contributed by atoms with Gasteiger partial charge in [-0.25, -0.2) is 8.42 Å². The van der Waals surface area contributed by atoms with Gasteiger partial charge in [0.05, 0.1) is 11.4 Å². The molecule has 2 N–H and O–H groups in total. The van der Waals surface area contributed by atoms with E-state index in [4.69, 9.17) is 0 Å². The molecule has 0 radical (unpaired) electrons. The van der Waals surface area contributed by atoms with Crippen LogP contribution < -0.4 is 10.6 Å². The minimum Gasteiger partial charge on any atom is -0.351 e. The highest BCUT2D eigenvalue weighted by molar-refractivity contribution is 7.89. The molecule has 1 aliphatic heterocycles. The molecule has 6 nitrogen and oxygen atoms in total. The number of hydrogen-bond donors (Lipinski definition) is 2. The number of nitrogens with zero attached hydrogens (tertiary/aromatic N) is 1. The Kier molecular flexibility index (Phi) is 7.47. The van der Waals surface area contributed by atoms with Crippen LogP contribution >= 0.6 is 12.4 Å². The van der Waals surface area contributed by atoms with Gasteiger partial charge in [0.2, 0.25) is 15.9 Å². The summed E-state index contributed by atoms with van der Waals surface area (Å²) in [7, 11) is -2.21. The van der Waals surface area contributed by atoms with Crippen molar-refractivity contribution in [1.82, 2.24) is 14.9 Å². The number of piperidine rings is 1. The van der Waals surface area contributed by atoms with E-state index in [-0.39, 0.29) is 41.8 Å². The van der Waals surface area contributed by atoms with Crippen molar-refractivity contribution in [3.8, 4) is 0 Å². The zero-order valence-electron chi connectivity index (χ0n) is 13.4. The van der Waals surface area contributed by atoms with E-state index >= 15 is 0 Å². The Hall–Kier alpha value is -1.15. The van der Waals surface area contributed by atoms with E-state index in [0.29, 0.717) is 0 Å². The molecule has 0 bridgehead atoms. The fourth-order valence-electron chi connectivity index (χ4n) is 2.55. The smallest absolute Gasteiger partial charge is 0.243 e. The summed E-state index contributed by atoms with van der Waals surface area (Å²) in [5.74, 6) is -0.275. The first-order valence-corrected chi connectivity index (χ1v) is 8.89. The Morgan fingerprint density at radius 2 is 2.00 bits per heavy atom. The van der Waals surface area contributed by atoms with Crippen molar-refractivity contribution >= 4 is 28.3 Å². The Bertz CT molecular complexity index is 610. The molecule has 2 atom stereocenters. The van der Waals surface area contributed by atoms with Crippen molar-refractivity contribution in [2.75, 3.05) is 20.1 Å². The molecule has 1 aromatic rings. The Labute approximate surface area is 144 Å². The summed E-state index contributed by atoms with van der Waals surface area (Å²) in [6, 6.07) is 8.38. The molecule has 1 amide bonds. The molecule has 1 aromatic carbocycles. The van der Waals surface area contributed by atoms with Crippen molar-refractivity contribution in [3.63, 3.8) is 0 Å². The largest absolute Gasteiger partial charge is 0.351 e. The molecule has 1 aliphatic rings. The Morgan fingerprint density at radius 1 is 1.35 bits per heavy atom. The Morgan fingerprint density at radius 3 is 2.61 bits per heavy atom. The molecule has 0 spiro atoms. The van der Waals surface area contributed by atoms with E-state index in [1.165, 1.54) is 19.2 Å². The second-order valence-corrected chi connectivity index (χ2v) is 7.68. The van der Waals surface area contributed by atoms with Crippen molar-refractivity contribution in [2.24, 2.45) is 0 Å². The lowest BCUT2D eigenvalue weighted by atomic mass is 10.00. The fraction of sp³-hybridized carbons (Fsp3) is 0.533. The van der Waals surface area contributed by atoms with Crippen LogP contribution in [0.15, 0.2) is 35.2 Å². The predicted octanol–water partition coefficient (Wildman–Crippen LogP) is 0.986. The average Bonchev–Trinajstić information content (AvgIpc) is 2.50. The third-order valence-corrected chi connectivity index (χ3v) is 5.74. The molecule has 1 fully saturated rings. The lowest BCUT2D eigenvalue weighted by Crippen LogP contribution is -2.53. The van der Waals surface area contributed by atoms with Crippen molar-refractivity contribution in [3.05, 3.63) is 30.3 Å². The minimum atomic E-state index is -3.63. The molecule has 1 saturated heterocycles. The van der Waals surface area contributed by atoms with Gasteiger partial charge in [-0.1, -0.05) is 18.2 Å². The number of carbonyl (C=O) groups is 1. The van der Waals surface area contributed by atoms with Gasteiger partial charge in [-0.3, -0.25) is 4.79 Å². The summed E-state index contributed by atoms with van der Waals surface area (Å²) in [5.41, 5.74) is 0. The van der Waals surface area contributed by atoms with Gasteiger partial charge in [0, 0.05) is 19.1 Å². The summed E-state index contributed by atoms with van der Waals surface area (Å²) >= 11 is 0. The SMILES string of the molecule is CC1NCCCC1NC(=O)CN(C)S(=O)(=O)c1ccccc1.Cl. The molecule has 0 aromatic heterocycles. The van der Waals surface area contributed by atoms with Gasteiger partial charge in [0.15, 0.2) is 0 Å². The summed E-state index contributed by atoms with van der Waals surface area (Å²) in [5, 5.41) is 6.22. The number of halogens is 1. The van der Waals surface area contributed by atoms with Crippen molar-refractivity contribution in [2.45, 2.75) is 36.7 Å². The molecular formula is C15H24ClN3O3S. The van der Waals surface area contributed by atoms with E-state index in [9.17, 15) is 13.2 Å². The van der Waals surface area contributed by atoms with Gasteiger partial charge in [0.25, 0.3) is 0 Å². The summed E-state index contributed by atoms with van der Waals surface area (Å²) in [6.07, 6.45) is 1.92. The van der Waals surface area contributed by atoms with E-state index in [0.717, 1.165) is 23.7 Å². The molecule has 23 heavy (non-hydrogen) atoms. The zero-order valence-corrected chi connectivity index (χ0v) is 15.0. The van der Waals surface area contributed by atoms with Crippen molar-refractivity contribution in [1.29, 1.82) is 0 Å². The van der Waals surface area contributed by atoms with Crippen LogP contribution in [0.4, 0.5) is 0 Å². The molecule has 2 rings (SSSR count). The number of nitrogens with one attached hydrogen (secondary N) is 2. The monoisotopic (exact) mass is 361 g/mol. The average molecular weight is 362 g/mol. The summed E-state index contributed by atoms with van der Waals surface area (Å²) in [4.78, 5) is 12.3. The molecule has 0 saturated carbocycles. The highest BCUT2D eigenvalue weighted by atomic mass is 35.5. The van der Waals surface area contributed by atoms with E-state index < -0.39 is 10.0 Å². The standard InChI is InChI=1S/C15H23N3O3S.ClH/c1-12-14(9-6-10-16-12)17-15(19)11-18(2)22(20,21)13-7-4-3-5-8-13;/h3-5,7-8,12,14,16H,6,9-11H2,1-2H3,(H,17,19);1H. The number of rotatable bonds is 5. The maximum absolute atomic E-state index is 12.4. The van der Waals surface area contributed by atoms with Crippen LogP contribution in [0.25, 0.3) is 0 Å². The highest BCUT2D eigenvalue weighted by Gasteiger charge is 2.26. The maximum atomic E-state index is 12.4.